The van der Waals surface area contributed by atoms with Gasteiger partial charge in [-0.25, -0.2) is 0 Å². The normalized spacial score (nSPS) is 23.8. The Balaban J connectivity index is 2.83. The van der Waals surface area contributed by atoms with Gasteiger partial charge in [0, 0.05) is 5.92 Å². The molecule has 0 nitrogen and oxygen atoms in total. The van der Waals surface area contributed by atoms with Crippen LogP contribution in [0.4, 0.5) is 0 Å². The highest BCUT2D eigenvalue weighted by Gasteiger charge is 1.91. The monoisotopic (exact) mass is 138 g/mol. The van der Waals surface area contributed by atoms with E-state index in [0.717, 1.165) is 0 Å². The van der Waals surface area contributed by atoms with Crippen molar-refractivity contribution in [1.82, 2.24) is 0 Å². The van der Waals surface area contributed by atoms with Crippen LogP contribution in [0.3, 0.4) is 0 Å². The van der Waals surface area contributed by atoms with E-state index in [-0.39, 0.29) is 0 Å². The number of rotatable bonds is 0. The SMILES string of the molecule is CC1C#CC(Cl)=CC=C1. The molecule has 0 radical (unpaired) electrons. The third-order valence-corrected chi connectivity index (χ3v) is 1.28. The van der Waals surface area contributed by atoms with E-state index in [4.69, 9.17) is 11.6 Å². The highest BCUT2D eigenvalue weighted by molar-refractivity contribution is 6.32. The lowest BCUT2D eigenvalue weighted by Gasteiger charge is -1.86. The van der Waals surface area contributed by atoms with Crippen LogP contribution in [-0.4, -0.2) is 0 Å². The third-order valence-electron chi connectivity index (χ3n) is 1.06. The summed E-state index contributed by atoms with van der Waals surface area (Å²) in [5, 5.41) is 0.621. The highest BCUT2D eigenvalue weighted by atomic mass is 35.5. The zero-order valence-electron chi connectivity index (χ0n) is 5.19. The van der Waals surface area contributed by atoms with Crippen molar-refractivity contribution in [2.24, 2.45) is 5.92 Å². The first-order valence-corrected chi connectivity index (χ1v) is 3.22. The molecule has 0 heterocycles. The average molecular weight is 139 g/mol. The molecule has 1 aliphatic carbocycles. The van der Waals surface area contributed by atoms with Crippen LogP contribution in [-0.2, 0) is 0 Å². The molecule has 0 aromatic carbocycles. The minimum absolute atomic E-state index is 0.331. The van der Waals surface area contributed by atoms with Crippen LogP contribution < -0.4 is 0 Å². The van der Waals surface area contributed by atoms with Gasteiger partial charge in [0.05, 0.1) is 5.03 Å². The van der Waals surface area contributed by atoms with Crippen molar-refractivity contribution in [3.05, 3.63) is 23.3 Å². The molecule has 0 N–H and O–H groups in total. The van der Waals surface area contributed by atoms with Gasteiger partial charge in [0.2, 0.25) is 0 Å². The zero-order chi connectivity index (χ0) is 6.69. The summed E-state index contributed by atoms with van der Waals surface area (Å²) in [4.78, 5) is 0. The second-order valence-corrected chi connectivity index (χ2v) is 2.36. The predicted octanol–water partition coefficient (Wildman–Crippen LogP) is 2.32. The first-order valence-electron chi connectivity index (χ1n) is 2.84. The summed E-state index contributed by atoms with van der Waals surface area (Å²) >= 11 is 5.62. The molecule has 46 valence electrons. The summed E-state index contributed by atoms with van der Waals surface area (Å²) in [5.74, 6) is 6.10. The van der Waals surface area contributed by atoms with Crippen LogP contribution in [0.2, 0.25) is 0 Å². The molecule has 0 saturated heterocycles. The topological polar surface area (TPSA) is 0 Å². The van der Waals surface area contributed by atoms with Crippen LogP contribution in [0, 0.1) is 17.8 Å². The molecule has 0 spiro atoms. The van der Waals surface area contributed by atoms with E-state index < -0.39 is 0 Å². The van der Waals surface area contributed by atoms with Gasteiger partial charge in [0.1, 0.15) is 0 Å². The van der Waals surface area contributed by atoms with Crippen LogP contribution in [0.25, 0.3) is 0 Å². The molecule has 9 heavy (non-hydrogen) atoms. The fourth-order valence-corrected chi connectivity index (χ4v) is 0.707. The molecule has 1 heteroatoms. The molecule has 0 aromatic rings. The fraction of sp³-hybridized carbons (Fsp3) is 0.250. The van der Waals surface area contributed by atoms with Crippen molar-refractivity contribution in [2.45, 2.75) is 6.92 Å². The second kappa shape index (κ2) is 2.75. The smallest absolute Gasteiger partial charge is 0.0897 e. The van der Waals surface area contributed by atoms with Gasteiger partial charge in [-0.15, -0.1) is 0 Å². The van der Waals surface area contributed by atoms with Gasteiger partial charge in [0.25, 0.3) is 0 Å². The average Bonchev–Trinajstić information content (AvgIpc) is 1.97. The van der Waals surface area contributed by atoms with Crippen molar-refractivity contribution < 1.29 is 0 Å². The van der Waals surface area contributed by atoms with Crippen molar-refractivity contribution in [3.8, 4) is 11.8 Å². The zero-order valence-corrected chi connectivity index (χ0v) is 5.94. The molecular weight excluding hydrogens is 132 g/mol. The summed E-state index contributed by atoms with van der Waals surface area (Å²) in [6.45, 7) is 2.03. The van der Waals surface area contributed by atoms with Gasteiger partial charge < -0.3 is 0 Å². The molecule has 0 saturated carbocycles. The Labute approximate surface area is 60.2 Å². The lowest BCUT2D eigenvalue weighted by Crippen LogP contribution is -1.78. The molecule has 0 aromatic heterocycles. The fourth-order valence-electron chi connectivity index (χ4n) is 0.579. The first kappa shape index (κ1) is 6.45. The Hall–Kier alpha value is -0.670. The summed E-state index contributed by atoms with van der Waals surface area (Å²) in [6.07, 6.45) is 5.74. The first-order chi connectivity index (χ1) is 4.29. The van der Waals surface area contributed by atoms with Crippen LogP contribution in [0.15, 0.2) is 23.3 Å². The Morgan fingerprint density at radius 3 is 3.22 bits per heavy atom. The Bertz CT molecular complexity index is 212. The van der Waals surface area contributed by atoms with Gasteiger partial charge in [-0.2, -0.15) is 0 Å². The molecule has 1 atom stereocenters. The summed E-state index contributed by atoms with van der Waals surface area (Å²) in [5.41, 5.74) is 0. The molecule has 0 aliphatic heterocycles. The third kappa shape index (κ3) is 1.95. The standard InChI is InChI=1S/C8H7Cl/c1-7-3-2-4-8(9)6-5-7/h2-4,7H,1H3. The van der Waals surface area contributed by atoms with Crippen molar-refractivity contribution in [1.29, 1.82) is 0 Å². The molecule has 0 bridgehead atoms. The van der Waals surface area contributed by atoms with E-state index >= 15 is 0 Å². The summed E-state index contributed by atoms with van der Waals surface area (Å²) < 4.78 is 0. The lowest BCUT2D eigenvalue weighted by atomic mass is 10.2. The van der Waals surface area contributed by atoms with E-state index in [9.17, 15) is 0 Å². The van der Waals surface area contributed by atoms with Gasteiger partial charge in [-0.3, -0.25) is 0 Å². The molecule has 1 aliphatic rings. The van der Waals surface area contributed by atoms with E-state index in [1.54, 1.807) is 6.08 Å². The Kier molecular flexibility index (Phi) is 1.97. The second-order valence-electron chi connectivity index (χ2n) is 1.96. The number of hydrogen-bond donors (Lipinski definition) is 0. The molecule has 0 amide bonds. The van der Waals surface area contributed by atoms with E-state index in [0.29, 0.717) is 11.0 Å². The molecule has 1 unspecified atom stereocenters. The predicted molar refractivity (Wildman–Crippen MR) is 40.0 cm³/mol. The minimum atomic E-state index is 0.331. The number of hydrogen-bond acceptors (Lipinski definition) is 0. The van der Waals surface area contributed by atoms with Gasteiger partial charge in [-0.05, 0) is 13.0 Å². The maximum atomic E-state index is 5.62. The Morgan fingerprint density at radius 2 is 2.44 bits per heavy atom. The summed E-state index contributed by atoms with van der Waals surface area (Å²) in [6, 6.07) is 0. The quantitative estimate of drug-likeness (QED) is 0.451. The van der Waals surface area contributed by atoms with Gasteiger partial charge in [-0.1, -0.05) is 35.6 Å². The highest BCUT2D eigenvalue weighted by Crippen LogP contribution is 2.05. The minimum Gasteiger partial charge on any atom is -0.0897 e. The van der Waals surface area contributed by atoms with Crippen molar-refractivity contribution in [3.63, 3.8) is 0 Å². The van der Waals surface area contributed by atoms with Gasteiger partial charge in [0.15, 0.2) is 0 Å². The molecular formula is C8H7Cl. The Morgan fingerprint density at radius 1 is 1.67 bits per heavy atom. The van der Waals surface area contributed by atoms with Crippen LogP contribution >= 0.6 is 11.6 Å². The van der Waals surface area contributed by atoms with E-state index in [1.807, 2.05) is 19.1 Å². The number of allylic oxidation sites excluding steroid dienone is 4. The maximum Gasteiger partial charge on any atom is 0.0904 e. The van der Waals surface area contributed by atoms with Crippen molar-refractivity contribution >= 4 is 11.6 Å². The molecule has 0 fully saturated rings. The largest absolute Gasteiger partial charge is 0.0904 e. The van der Waals surface area contributed by atoms with E-state index in [1.165, 1.54) is 0 Å². The van der Waals surface area contributed by atoms with Crippen molar-refractivity contribution in [2.75, 3.05) is 0 Å². The maximum absolute atomic E-state index is 5.62. The lowest BCUT2D eigenvalue weighted by molar-refractivity contribution is 0.982. The summed E-state index contributed by atoms with van der Waals surface area (Å²) in [7, 11) is 0. The van der Waals surface area contributed by atoms with Gasteiger partial charge >= 0.3 is 0 Å². The van der Waals surface area contributed by atoms with E-state index in [2.05, 4.69) is 11.8 Å². The van der Waals surface area contributed by atoms with Crippen LogP contribution in [0.5, 0.6) is 0 Å². The van der Waals surface area contributed by atoms with Crippen LogP contribution in [0.1, 0.15) is 6.92 Å². The number of halogens is 1. The molecule has 1 rings (SSSR count).